The third kappa shape index (κ3) is 2.59. The minimum atomic E-state index is 0.224. The van der Waals surface area contributed by atoms with E-state index in [0.717, 1.165) is 22.5 Å². The van der Waals surface area contributed by atoms with Gasteiger partial charge in [-0.2, -0.15) is 0 Å². The summed E-state index contributed by atoms with van der Waals surface area (Å²) in [6.45, 7) is 2.09. The molecule has 1 unspecified atom stereocenters. The van der Waals surface area contributed by atoms with Gasteiger partial charge in [0.25, 0.3) is 0 Å². The molecule has 0 amide bonds. The molecular formula is C12H13BrN4. The summed E-state index contributed by atoms with van der Waals surface area (Å²) in [4.78, 5) is 8.67. The summed E-state index contributed by atoms with van der Waals surface area (Å²) < 4.78 is 2.68. The van der Waals surface area contributed by atoms with Crippen molar-refractivity contribution < 1.29 is 0 Å². The monoisotopic (exact) mass is 292 g/mol. The van der Waals surface area contributed by atoms with Gasteiger partial charge in [-0.15, -0.1) is 12.3 Å². The van der Waals surface area contributed by atoms with Crippen LogP contribution in [0.25, 0.3) is 5.65 Å². The Morgan fingerprint density at radius 3 is 3.18 bits per heavy atom. The second kappa shape index (κ2) is 5.19. The summed E-state index contributed by atoms with van der Waals surface area (Å²) in [7, 11) is 0. The average molecular weight is 293 g/mol. The van der Waals surface area contributed by atoms with Crippen molar-refractivity contribution >= 4 is 27.4 Å². The number of hydrogen-bond acceptors (Lipinski definition) is 3. The molecule has 0 radical (unpaired) electrons. The number of nitrogens with one attached hydrogen (secondary N) is 1. The van der Waals surface area contributed by atoms with Crippen LogP contribution in [-0.2, 0) is 0 Å². The van der Waals surface area contributed by atoms with Crippen molar-refractivity contribution in [3.63, 3.8) is 0 Å². The fourth-order valence-corrected chi connectivity index (χ4v) is 2.03. The van der Waals surface area contributed by atoms with Gasteiger partial charge in [-0.05, 0) is 22.4 Å². The van der Waals surface area contributed by atoms with E-state index in [1.807, 2.05) is 16.8 Å². The van der Waals surface area contributed by atoms with Crippen molar-refractivity contribution in [2.45, 2.75) is 25.8 Å². The van der Waals surface area contributed by atoms with E-state index >= 15 is 0 Å². The van der Waals surface area contributed by atoms with Crippen molar-refractivity contribution in [2.24, 2.45) is 0 Å². The van der Waals surface area contributed by atoms with Crippen LogP contribution in [0.15, 0.2) is 23.2 Å². The summed E-state index contributed by atoms with van der Waals surface area (Å²) in [5.41, 5.74) is 0.809. The first-order valence-electron chi connectivity index (χ1n) is 5.43. The number of aromatic nitrogens is 3. The first kappa shape index (κ1) is 11.9. The molecule has 2 heterocycles. The zero-order valence-corrected chi connectivity index (χ0v) is 11.1. The molecule has 0 saturated carbocycles. The third-order valence-electron chi connectivity index (χ3n) is 2.54. The van der Waals surface area contributed by atoms with Crippen molar-refractivity contribution in [2.75, 3.05) is 5.32 Å². The van der Waals surface area contributed by atoms with Crippen molar-refractivity contribution in [3.8, 4) is 12.3 Å². The van der Waals surface area contributed by atoms with Gasteiger partial charge in [-0.25, -0.2) is 9.97 Å². The molecule has 0 aliphatic heterocycles. The summed E-state index contributed by atoms with van der Waals surface area (Å²) in [5.74, 6) is 3.42. The summed E-state index contributed by atoms with van der Waals surface area (Å²) in [6.07, 6.45) is 12.5. The molecule has 88 valence electrons. The quantitative estimate of drug-likeness (QED) is 0.881. The SMILES string of the molecule is C#CCC(CC)Nc1nc(Br)cn2ccnc12. The summed E-state index contributed by atoms with van der Waals surface area (Å²) in [6, 6.07) is 0.224. The van der Waals surface area contributed by atoms with Crippen LogP contribution in [0.3, 0.4) is 0 Å². The molecule has 2 aromatic heterocycles. The fourth-order valence-electron chi connectivity index (χ4n) is 1.63. The lowest BCUT2D eigenvalue weighted by molar-refractivity contribution is 0.711. The van der Waals surface area contributed by atoms with Crippen LogP contribution in [0.4, 0.5) is 5.82 Å². The van der Waals surface area contributed by atoms with Gasteiger partial charge >= 0.3 is 0 Å². The van der Waals surface area contributed by atoms with Crippen LogP contribution in [0.1, 0.15) is 19.8 Å². The van der Waals surface area contributed by atoms with Crippen molar-refractivity contribution in [3.05, 3.63) is 23.2 Å². The highest BCUT2D eigenvalue weighted by molar-refractivity contribution is 9.10. The lowest BCUT2D eigenvalue weighted by Crippen LogP contribution is -2.19. The highest BCUT2D eigenvalue weighted by atomic mass is 79.9. The van der Waals surface area contributed by atoms with Crippen LogP contribution >= 0.6 is 15.9 Å². The highest BCUT2D eigenvalue weighted by Gasteiger charge is 2.10. The number of terminal acetylenes is 1. The maximum Gasteiger partial charge on any atom is 0.180 e. The molecule has 0 aliphatic rings. The Labute approximate surface area is 109 Å². The molecule has 0 aromatic carbocycles. The molecule has 0 spiro atoms. The molecule has 0 saturated heterocycles. The van der Waals surface area contributed by atoms with Gasteiger partial charge in [0.15, 0.2) is 11.5 Å². The first-order valence-corrected chi connectivity index (χ1v) is 6.23. The van der Waals surface area contributed by atoms with E-state index in [9.17, 15) is 0 Å². The number of hydrogen-bond donors (Lipinski definition) is 1. The molecule has 0 bridgehead atoms. The summed E-state index contributed by atoms with van der Waals surface area (Å²) >= 11 is 3.38. The van der Waals surface area contributed by atoms with Crippen LogP contribution in [0.2, 0.25) is 0 Å². The maximum atomic E-state index is 5.34. The van der Waals surface area contributed by atoms with E-state index in [2.05, 4.69) is 44.1 Å². The van der Waals surface area contributed by atoms with Gasteiger partial charge in [0.05, 0.1) is 0 Å². The van der Waals surface area contributed by atoms with E-state index in [0.29, 0.717) is 6.42 Å². The second-order valence-electron chi connectivity index (χ2n) is 3.73. The van der Waals surface area contributed by atoms with Gasteiger partial charge in [0.1, 0.15) is 4.60 Å². The van der Waals surface area contributed by atoms with Gasteiger partial charge in [0.2, 0.25) is 0 Å². The lowest BCUT2D eigenvalue weighted by Gasteiger charge is -2.15. The Morgan fingerprint density at radius 1 is 1.65 bits per heavy atom. The summed E-state index contributed by atoms with van der Waals surface area (Å²) in [5, 5.41) is 3.33. The van der Waals surface area contributed by atoms with Gasteiger partial charge < -0.3 is 9.72 Å². The van der Waals surface area contributed by atoms with Gasteiger partial charge in [-0.3, -0.25) is 0 Å². The Morgan fingerprint density at radius 2 is 2.47 bits per heavy atom. The van der Waals surface area contributed by atoms with Crippen molar-refractivity contribution in [1.82, 2.24) is 14.4 Å². The highest BCUT2D eigenvalue weighted by Crippen LogP contribution is 2.18. The van der Waals surface area contributed by atoms with E-state index in [1.54, 1.807) is 6.20 Å². The van der Waals surface area contributed by atoms with Crippen LogP contribution in [0.5, 0.6) is 0 Å². The number of fused-ring (bicyclic) bond motifs is 1. The Bertz CT molecular complexity index is 555. The normalized spacial score (nSPS) is 12.3. The zero-order valence-electron chi connectivity index (χ0n) is 9.52. The van der Waals surface area contributed by atoms with E-state index in [-0.39, 0.29) is 6.04 Å². The number of anilines is 1. The van der Waals surface area contributed by atoms with Gasteiger partial charge in [0, 0.05) is 31.1 Å². The largest absolute Gasteiger partial charge is 0.363 e. The Hall–Kier alpha value is -1.54. The van der Waals surface area contributed by atoms with E-state index < -0.39 is 0 Å². The molecule has 2 aromatic rings. The molecular weight excluding hydrogens is 280 g/mol. The minimum Gasteiger partial charge on any atom is -0.363 e. The van der Waals surface area contributed by atoms with Crippen molar-refractivity contribution in [1.29, 1.82) is 0 Å². The molecule has 0 fully saturated rings. The lowest BCUT2D eigenvalue weighted by atomic mass is 10.1. The number of halogens is 1. The van der Waals surface area contributed by atoms with E-state index in [4.69, 9.17) is 6.42 Å². The smallest absolute Gasteiger partial charge is 0.180 e. The minimum absolute atomic E-state index is 0.224. The number of rotatable bonds is 4. The maximum absolute atomic E-state index is 5.34. The molecule has 5 heteroatoms. The predicted molar refractivity (Wildman–Crippen MR) is 71.8 cm³/mol. The number of imidazole rings is 1. The average Bonchev–Trinajstić information content (AvgIpc) is 2.76. The van der Waals surface area contributed by atoms with Crippen LogP contribution < -0.4 is 5.32 Å². The fraction of sp³-hybridized carbons (Fsp3) is 0.333. The van der Waals surface area contributed by atoms with E-state index in [1.165, 1.54) is 0 Å². The molecule has 17 heavy (non-hydrogen) atoms. The van der Waals surface area contributed by atoms with Gasteiger partial charge in [-0.1, -0.05) is 6.92 Å². The van der Waals surface area contributed by atoms with Crippen LogP contribution in [0, 0.1) is 12.3 Å². The Balaban J connectivity index is 2.34. The topological polar surface area (TPSA) is 42.2 Å². The third-order valence-corrected chi connectivity index (χ3v) is 2.92. The van der Waals surface area contributed by atoms with Crippen LogP contribution in [-0.4, -0.2) is 20.4 Å². The zero-order chi connectivity index (χ0) is 12.3. The number of nitrogens with zero attached hydrogens (tertiary/aromatic N) is 3. The molecule has 1 atom stereocenters. The standard InChI is InChI=1S/C12H13BrN4/c1-3-5-9(4-2)15-11-12-14-6-7-17(12)8-10(13)16-11/h1,6-9H,4-5H2,2H3,(H,15,16). The first-order chi connectivity index (χ1) is 8.24. The molecule has 4 nitrogen and oxygen atoms in total. The second-order valence-corrected chi connectivity index (χ2v) is 4.54. The molecule has 2 rings (SSSR count). The predicted octanol–water partition coefficient (Wildman–Crippen LogP) is 2.71. The molecule has 1 N–H and O–H groups in total. The molecule has 0 aliphatic carbocycles. The Kier molecular flexibility index (Phi) is 3.64.